The third kappa shape index (κ3) is 3.79. The van der Waals surface area contributed by atoms with Crippen molar-refractivity contribution < 1.29 is 0 Å². The van der Waals surface area contributed by atoms with Crippen LogP contribution >= 0.6 is 0 Å². The van der Waals surface area contributed by atoms with Crippen molar-refractivity contribution in [1.82, 2.24) is 9.97 Å². The molecule has 138 valence electrons. The van der Waals surface area contributed by atoms with Crippen molar-refractivity contribution in [2.75, 3.05) is 34.2 Å². The van der Waals surface area contributed by atoms with Gasteiger partial charge in [-0.25, -0.2) is 9.97 Å². The molecular formula is C21H24N6. The smallest absolute Gasteiger partial charge is 0.173 e. The minimum atomic E-state index is 0.580. The molecule has 1 aliphatic heterocycles. The SMILES string of the molecule is Nc1c(NN(c2ccccc2)c2ccccc2)ncnc1N1CCCCC1. The molecule has 1 saturated heterocycles. The maximum absolute atomic E-state index is 6.46. The van der Waals surface area contributed by atoms with Crippen molar-refractivity contribution in [3.05, 3.63) is 67.0 Å². The summed E-state index contributed by atoms with van der Waals surface area (Å²) in [5.74, 6) is 1.42. The molecule has 0 atom stereocenters. The highest BCUT2D eigenvalue weighted by molar-refractivity contribution is 5.78. The molecule has 0 radical (unpaired) electrons. The monoisotopic (exact) mass is 360 g/mol. The van der Waals surface area contributed by atoms with Gasteiger partial charge in [-0.1, -0.05) is 36.4 Å². The highest BCUT2D eigenvalue weighted by Crippen LogP contribution is 2.31. The number of anilines is 5. The van der Waals surface area contributed by atoms with E-state index >= 15 is 0 Å². The average molecular weight is 360 g/mol. The minimum Gasteiger partial charge on any atom is -0.393 e. The Morgan fingerprint density at radius 2 is 1.41 bits per heavy atom. The zero-order valence-electron chi connectivity index (χ0n) is 15.3. The lowest BCUT2D eigenvalue weighted by Gasteiger charge is -2.30. The summed E-state index contributed by atoms with van der Waals surface area (Å²) in [6.45, 7) is 1.98. The summed E-state index contributed by atoms with van der Waals surface area (Å²) in [6, 6.07) is 20.2. The molecule has 27 heavy (non-hydrogen) atoms. The number of hydrogen-bond donors (Lipinski definition) is 2. The van der Waals surface area contributed by atoms with Gasteiger partial charge in [0.25, 0.3) is 0 Å². The number of rotatable bonds is 5. The highest BCUT2D eigenvalue weighted by atomic mass is 15.5. The van der Waals surface area contributed by atoms with Gasteiger partial charge in [-0.05, 0) is 43.5 Å². The fraction of sp³-hybridized carbons (Fsp3) is 0.238. The Balaban J connectivity index is 1.67. The van der Waals surface area contributed by atoms with Crippen molar-refractivity contribution in [2.45, 2.75) is 19.3 Å². The number of hydrazine groups is 1. The molecule has 0 bridgehead atoms. The molecule has 0 unspecified atom stereocenters. The summed E-state index contributed by atoms with van der Waals surface area (Å²) in [4.78, 5) is 11.1. The number of piperidine rings is 1. The predicted molar refractivity (Wildman–Crippen MR) is 111 cm³/mol. The molecular weight excluding hydrogens is 336 g/mol. The zero-order chi connectivity index (χ0) is 18.5. The lowest BCUT2D eigenvalue weighted by Crippen LogP contribution is -2.32. The van der Waals surface area contributed by atoms with E-state index in [2.05, 4.69) is 20.3 Å². The van der Waals surface area contributed by atoms with E-state index in [-0.39, 0.29) is 0 Å². The fourth-order valence-electron chi connectivity index (χ4n) is 3.37. The van der Waals surface area contributed by atoms with Crippen LogP contribution in [0.25, 0.3) is 0 Å². The first-order valence-corrected chi connectivity index (χ1v) is 9.35. The number of benzene rings is 2. The van der Waals surface area contributed by atoms with Gasteiger partial charge in [-0.15, -0.1) is 0 Å². The number of nitrogen functional groups attached to an aromatic ring is 1. The first-order chi connectivity index (χ1) is 13.3. The summed E-state index contributed by atoms with van der Waals surface area (Å²) in [6.07, 6.45) is 5.19. The van der Waals surface area contributed by atoms with Crippen LogP contribution < -0.4 is 21.1 Å². The lowest BCUT2D eigenvalue weighted by atomic mass is 10.1. The van der Waals surface area contributed by atoms with Gasteiger partial charge in [0.15, 0.2) is 11.6 Å². The van der Waals surface area contributed by atoms with Gasteiger partial charge in [0.2, 0.25) is 0 Å². The molecule has 1 aliphatic rings. The van der Waals surface area contributed by atoms with Crippen LogP contribution in [0.4, 0.5) is 28.7 Å². The Kier molecular flexibility index (Phi) is 5.05. The van der Waals surface area contributed by atoms with Crippen LogP contribution in [0.5, 0.6) is 0 Å². The maximum Gasteiger partial charge on any atom is 0.173 e. The molecule has 0 amide bonds. The first-order valence-electron chi connectivity index (χ1n) is 9.35. The standard InChI is InChI=1S/C21H24N6/c22-19-20(23-16-24-21(19)26-14-8-3-9-15-26)25-27(17-10-4-1-5-11-17)18-12-6-2-7-13-18/h1-2,4-7,10-13,16H,3,8-9,14-15,22H2,(H,23,24,25). The second-order valence-electron chi connectivity index (χ2n) is 6.63. The maximum atomic E-state index is 6.46. The molecule has 6 nitrogen and oxygen atoms in total. The second kappa shape index (κ2) is 7.95. The van der Waals surface area contributed by atoms with E-state index in [4.69, 9.17) is 5.73 Å². The highest BCUT2D eigenvalue weighted by Gasteiger charge is 2.19. The minimum absolute atomic E-state index is 0.580. The fourth-order valence-corrected chi connectivity index (χ4v) is 3.37. The van der Waals surface area contributed by atoms with Crippen molar-refractivity contribution in [2.24, 2.45) is 0 Å². The Hall–Kier alpha value is -3.28. The largest absolute Gasteiger partial charge is 0.393 e. The molecule has 6 heteroatoms. The van der Waals surface area contributed by atoms with Crippen molar-refractivity contribution in [3.63, 3.8) is 0 Å². The molecule has 1 fully saturated rings. The molecule has 3 N–H and O–H groups in total. The molecule has 0 aliphatic carbocycles. The second-order valence-corrected chi connectivity index (χ2v) is 6.63. The number of para-hydroxylation sites is 2. The summed E-state index contributed by atoms with van der Waals surface area (Å²) in [5, 5.41) is 1.98. The topological polar surface area (TPSA) is 70.3 Å². The lowest BCUT2D eigenvalue weighted by molar-refractivity contribution is 0.573. The van der Waals surface area contributed by atoms with Gasteiger partial charge in [0, 0.05) is 13.1 Å². The number of nitrogens with zero attached hydrogens (tertiary/aromatic N) is 4. The van der Waals surface area contributed by atoms with Crippen molar-refractivity contribution >= 4 is 28.7 Å². The number of nitrogens with one attached hydrogen (secondary N) is 1. The molecule has 2 aromatic carbocycles. The molecule has 1 aromatic heterocycles. The van der Waals surface area contributed by atoms with E-state index < -0.39 is 0 Å². The van der Waals surface area contributed by atoms with Crippen molar-refractivity contribution in [1.29, 1.82) is 0 Å². The average Bonchev–Trinajstić information content (AvgIpc) is 2.75. The van der Waals surface area contributed by atoms with E-state index in [0.717, 1.165) is 30.3 Å². The van der Waals surface area contributed by atoms with Gasteiger partial charge in [0.05, 0.1) is 11.4 Å². The molecule has 0 spiro atoms. The zero-order valence-corrected chi connectivity index (χ0v) is 15.3. The third-order valence-corrected chi connectivity index (χ3v) is 4.76. The van der Waals surface area contributed by atoms with Crippen molar-refractivity contribution in [3.8, 4) is 0 Å². The summed E-state index contributed by atoms with van der Waals surface area (Å²) < 4.78 is 0. The van der Waals surface area contributed by atoms with Gasteiger partial charge in [-0.2, -0.15) is 0 Å². The van der Waals surface area contributed by atoms with E-state index in [1.54, 1.807) is 6.33 Å². The van der Waals surface area contributed by atoms with E-state index in [1.807, 2.05) is 65.7 Å². The van der Waals surface area contributed by atoms with Crippen LogP contribution in [0, 0.1) is 0 Å². The number of nitrogens with two attached hydrogens (primary N) is 1. The Labute approximate surface area is 159 Å². The Morgan fingerprint density at radius 1 is 0.815 bits per heavy atom. The first kappa shape index (κ1) is 17.1. The van der Waals surface area contributed by atoms with Crippen LogP contribution in [-0.2, 0) is 0 Å². The van der Waals surface area contributed by atoms with Gasteiger partial charge >= 0.3 is 0 Å². The summed E-state index contributed by atoms with van der Waals surface area (Å²) in [7, 11) is 0. The quantitative estimate of drug-likeness (QED) is 0.664. The van der Waals surface area contributed by atoms with Crippen LogP contribution in [-0.4, -0.2) is 23.1 Å². The number of aromatic nitrogens is 2. The van der Waals surface area contributed by atoms with Crippen LogP contribution in [0.15, 0.2) is 67.0 Å². The van der Waals surface area contributed by atoms with E-state index in [0.29, 0.717) is 11.5 Å². The molecule has 4 rings (SSSR count). The van der Waals surface area contributed by atoms with Gasteiger partial charge in [0.1, 0.15) is 12.0 Å². The van der Waals surface area contributed by atoms with Crippen LogP contribution in [0.1, 0.15) is 19.3 Å². The normalized spacial score (nSPS) is 14.0. The Morgan fingerprint density at radius 3 is 2.00 bits per heavy atom. The van der Waals surface area contributed by atoms with E-state index in [1.165, 1.54) is 19.3 Å². The molecule has 0 saturated carbocycles. The predicted octanol–water partition coefficient (Wildman–Crippen LogP) is 4.21. The summed E-state index contributed by atoms with van der Waals surface area (Å²) in [5.41, 5.74) is 12.4. The molecule has 3 aromatic rings. The summed E-state index contributed by atoms with van der Waals surface area (Å²) >= 11 is 0. The van der Waals surface area contributed by atoms with E-state index in [9.17, 15) is 0 Å². The van der Waals surface area contributed by atoms with Gasteiger partial charge < -0.3 is 10.6 Å². The molecule has 2 heterocycles. The van der Waals surface area contributed by atoms with Crippen LogP contribution in [0.3, 0.4) is 0 Å². The number of hydrogen-bond acceptors (Lipinski definition) is 6. The van der Waals surface area contributed by atoms with Crippen LogP contribution in [0.2, 0.25) is 0 Å². The van der Waals surface area contributed by atoms with Gasteiger partial charge in [-0.3, -0.25) is 10.4 Å². The Bertz CT molecular complexity index is 823. The third-order valence-electron chi connectivity index (χ3n) is 4.76.